The van der Waals surface area contributed by atoms with Crippen LogP contribution in [0.1, 0.15) is 30.9 Å². The van der Waals surface area contributed by atoms with E-state index in [1.807, 2.05) is 30.3 Å². The maximum Gasteiger partial charge on any atom is 0.255 e. The highest BCUT2D eigenvalue weighted by atomic mass is 35.5. The number of pyridine rings is 1. The molecule has 1 aromatic carbocycles. The molecule has 0 amide bonds. The highest BCUT2D eigenvalue weighted by Gasteiger charge is 2.46. The SMILES string of the molecule is Cl.Cn1c(N2CC(c3ccccc3)OC3(CCC3)C2)nc(-c2ccncc2)cc1=O. The summed E-state index contributed by atoms with van der Waals surface area (Å²) in [6, 6.07) is 15.7. The molecule has 30 heavy (non-hydrogen) atoms. The quantitative estimate of drug-likeness (QED) is 0.640. The number of benzene rings is 1. The van der Waals surface area contributed by atoms with E-state index in [0.29, 0.717) is 18.2 Å². The Bertz CT molecular complexity index is 1070. The van der Waals surface area contributed by atoms with E-state index >= 15 is 0 Å². The van der Waals surface area contributed by atoms with Gasteiger partial charge >= 0.3 is 0 Å². The van der Waals surface area contributed by atoms with Gasteiger partial charge in [0.1, 0.15) is 6.10 Å². The van der Waals surface area contributed by atoms with Crippen molar-refractivity contribution in [3.05, 3.63) is 76.8 Å². The Balaban J connectivity index is 0.00000218. The molecule has 0 radical (unpaired) electrons. The molecule has 156 valence electrons. The Morgan fingerprint density at radius 1 is 1.10 bits per heavy atom. The third kappa shape index (κ3) is 3.73. The molecule has 1 unspecified atom stereocenters. The number of anilines is 1. The summed E-state index contributed by atoms with van der Waals surface area (Å²) in [5.74, 6) is 0.694. The average Bonchev–Trinajstić information content (AvgIpc) is 2.75. The van der Waals surface area contributed by atoms with Crippen molar-refractivity contribution in [1.29, 1.82) is 0 Å². The predicted molar refractivity (Wildman–Crippen MR) is 119 cm³/mol. The van der Waals surface area contributed by atoms with Gasteiger partial charge in [-0.3, -0.25) is 14.3 Å². The number of morpholine rings is 1. The molecule has 7 heteroatoms. The van der Waals surface area contributed by atoms with E-state index in [1.54, 1.807) is 30.1 Å². The molecule has 2 aliphatic rings. The Morgan fingerprint density at radius 3 is 2.50 bits per heavy atom. The molecule has 1 aliphatic heterocycles. The second kappa shape index (κ2) is 8.20. The van der Waals surface area contributed by atoms with E-state index in [2.05, 4.69) is 22.0 Å². The van der Waals surface area contributed by atoms with Crippen LogP contribution < -0.4 is 10.5 Å². The standard InChI is InChI=1S/C23H24N4O2.ClH/c1-26-21(28)14-19(17-8-12-24-13-9-17)25-22(26)27-15-20(18-6-3-2-4-7-18)29-23(16-27)10-5-11-23;/h2-4,6-9,12-14,20H,5,10-11,15-16H2,1H3;1H. The number of hydrogen-bond acceptors (Lipinski definition) is 5. The van der Waals surface area contributed by atoms with Crippen molar-refractivity contribution in [3.63, 3.8) is 0 Å². The molecule has 0 bridgehead atoms. The molecule has 3 heterocycles. The van der Waals surface area contributed by atoms with E-state index in [-0.39, 0.29) is 29.7 Å². The van der Waals surface area contributed by atoms with E-state index < -0.39 is 0 Å². The van der Waals surface area contributed by atoms with Crippen molar-refractivity contribution in [2.75, 3.05) is 18.0 Å². The van der Waals surface area contributed by atoms with E-state index in [1.165, 1.54) is 12.0 Å². The Kier molecular flexibility index (Phi) is 5.62. The maximum absolute atomic E-state index is 12.7. The monoisotopic (exact) mass is 424 g/mol. The summed E-state index contributed by atoms with van der Waals surface area (Å²) in [6.45, 7) is 1.43. The lowest BCUT2D eigenvalue weighted by Crippen LogP contribution is -2.57. The molecule has 0 N–H and O–H groups in total. The maximum atomic E-state index is 12.7. The first kappa shape index (κ1) is 20.6. The lowest BCUT2D eigenvalue weighted by Gasteiger charge is -2.51. The van der Waals surface area contributed by atoms with Crippen LogP contribution >= 0.6 is 12.4 Å². The number of ether oxygens (including phenoxy) is 1. The molecule has 5 rings (SSSR count). The van der Waals surface area contributed by atoms with Crippen LogP contribution in [0.4, 0.5) is 5.95 Å². The largest absolute Gasteiger partial charge is 0.363 e. The van der Waals surface area contributed by atoms with Crippen LogP contribution in [-0.2, 0) is 11.8 Å². The van der Waals surface area contributed by atoms with E-state index in [4.69, 9.17) is 9.72 Å². The molecule has 1 saturated carbocycles. The van der Waals surface area contributed by atoms with Crippen molar-refractivity contribution in [2.24, 2.45) is 7.05 Å². The van der Waals surface area contributed by atoms with Gasteiger partial charge < -0.3 is 9.64 Å². The molecule has 6 nitrogen and oxygen atoms in total. The average molecular weight is 425 g/mol. The van der Waals surface area contributed by atoms with Crippen LogP contribution in [-0.4, -0.2) is 33.2 Å². The van der Waals surface area contributed by atoms with Crippen LogP contribution in [0.15, 0.2) is 65.7 Å². The van der Waals surface area contributed by atoms with Crippen molar-refractivity contribution >= 4 is 18.4 Å². The highest BCUT2D eigenvalue weighted by Crippen LogP contribution is 2.44. The van der Waals surface area contributed by atoms with Gasteiger partial charge in [0.2, 0.25) is 5.95 Å². The third-order valence-corrected chi connectivity index (χ3v) is 6.06. The zero-order chi connectivity index (χ0) is 19.8. The van der Waals surface area contributed by atoms with Gasteiger partial charge in [0.25, 0.3) is 5.56 Å². The van der Waals surface area contributed by atoms with E-state index in [9.17, 15) is 4.79 Å². The van der Waals surface area contributed by atoms with Crippen LogP contribution in [0, 0.1) is 0 Å². The van der Waals surface area contributed by atoms with E-state index in [0.717, 1.165) is 24.9 Å². The number of rotatable bonds is 3. The fourth-order valence-corrected chi connectivity index (χ4v) is 4.31. The lowest BCUT2D eigenvalue weighted by molar-refractivity contribution is -0.151. The Morgan fingerprint density at radius 2 is 1.83 bits per heavy atom. The Hall–Kier alpha value is -2.70. The highest BCUT2D eigenvalue weighted by molar-refractivity contribution is 5.85. The third-order valence-electron chi connectivity index (χ3n) is 6.06. The molecule has 1 spiro atoms. The van der Waals surface area contributed by atoms with Crippen LogP contribution in [0.3, 0.4) is 0 Å². The second-order valence-electron chi connectivity index (χ2n) is 8.01. The first-order valence-electron chi connectivity index (χ1n) is 10.1. The molecule has 1 saturated heterocycles. The normalized spacial score (nSPS) is 19.8. The lowest BCUT2D eigenvalue weighted by atomic mass is 9.78. The minimum atomic E-state index is -0.150. The minimum absolute atomic E-state index is 0. The molecule has 2 fully saturated rings. The smallest absolute Gasteiger partial charge is 0.255 e. The summed E-state index contributed by atoms with van der Waals surface area (Å²) in [7, 11) is 1.79. The van der Waals surface area contributed by atoms with Crippen LogP contribution in [0.2, 0.25) is 0 Å². The molecular formula is C23H25ClN4O2. The van der Waals surface area contributed by atoms with Gasteiger partial charge in [-0.25, -0.2) is 4.98 Å². The predicted octanol–water partition coefficient (Wildman–Crippen LogP) is 3.76. The first-order valence-corrected chi connectivity index (χ1v) is 10.1. The summed E-state index contributed by atoms with van der Waals surface area (Å²) in [6.07, 6.45) is 6.68. The van der Waals surface area contributed by atoms with Gasteiger partial charge in [-0.05, 0) is 37.0 Å². The molecular weight excluding hydrogens is 400 g/mol. The first-order chi connectivity index (χ1) is 14.1. The molecule has 3 aromatic rings. The topological polar surface area (TPSA) is 60.2 Å². The fourth-order valence-electron chi connectivity index (χ4n) is 4.31. The number of aromatic nitrogens is 3. The van der Waals surface area contributed by atoms with Gasteiger partial charge in [0.05, 0.1) is 17.8 Å². The van der Waals surface area contributed by atoms with Crippen molar-refractivity contribution in [2.45, 2.75) is 31.0 Å². The Labute approximate surface area is 182 Å². The minimum Gasteiger partial charge on any atom is -0.363 e. The fraction of sp³-hybridized carbons (Fsp3) is 0.348. The summed E-state index contributed by atoms with van der Waals surface area (Å²) in [4.78, 5) is 23.9. The molecule has 1 atom stereocenters. The van der Waals surface area contributed by atoms with Crippen molar-refractivity contribution in [3.8, 4) is 11.3 Å². The summed E-state index contributed by atoms with van der Waals surface area (Å²) >= 11 is 0. The summed E-state index contributed by atoms with van der Waals surface area (Å²) in [5.41, 5.74) is 2.52. The number of nitrogens with zero attached hydrogens (tertiary/aromatic N) is 4. The number of halogens is 1. The van der Waals surface area contributed by atoms with Gasteiger partial charge in [0.15, 0.2) is 0 Å². The number of hydrogen-bond donors (Lipinski definition) is 0. The van der Waals surface area contributed by atoms with Gasteiger partial charge in [0, 0.05) is 37.6 Å². The van der Waals surface area contributed by atoms with Crippen LogP contribution in [0.25, 0.3) is 11.3 Å². The summed E-state index contributed by atoms with van der Waals surface area (Å²) in [5, 5.41) is 0. The zero-order valence-corrected chi connectivity index (χ0v) is 17.7. The van der Waals surface area contributed by atoms with Gasteiger partial charge in [-0.15, -0.1) is 12.4 Å². The van der Waals surface area contributed by atoms with Gasteiger partial charge in [-0.2, -0.15) is 0 Å². The zero-order valence-electron chi connectivity index (χ0n) is 16.9. The van der Waals surface area contributed by atoms with Gasteiger partial charge in [-0.1, -0.05) is 30.3 Å². The summed E-state index contributed by atoms with van der Waals surface area (Å²) < 4.78 is 8.21. The molecule has 1 aliphatic carbocycles. The second-order valence-corrected chi connectivity index (χ2v) is 8.01. The molecule has 2 aromatic heterocycles. The van der Waals surface area contributed by atoms with Crippen molar-refractivity contribution in [1.82, 2.24) is 14.5 Å². The van der Waals surface area contributed by atoms with Crippen LogP contribution in [0.5, 0.6) is 0 Å². The van der Waals surface area contributed by atoms with Crippen molar-refractivity contribution < 1.29 is 4.74 Å².